The molecule has 0 bridgehead atoms. The zero-order valence-electron chi connectivity index (χ0n) is 13.8. The van der Waals surface area contributed by atoms with Gasteiger partial charge in [0.05, 0.1) is 7.11 Å². The summed E-state index contributed by atoms with van der Waals surface area (Å²) in [4.78, 5) is 0. The Morgan fingerprint density at radius 1 is 1.04 bits per heavy atom. The molecule has 1 heterocycles. The first-order chi connectivity index (χ1) is 11.2. The second kappa shape index (κ2) is 6.92. The molecule has 2 aromatic carbocycles. The fourth-order valence-electron chi connectivity index (χ4n) is 2.83. The number of hydrogen-bond acceptors (Lipinski definition) is 4. The van der Waals surface area contributed by atoms with Crippen molar-refractivity contribution in [2.45, 2.75) is 26.4 Å². The van der Waals surface area contributed by atoms with Crippen LogP contribution in [0.1, 0.15) is 31.0 Å². The molecular weight excluding hydrogens is 290 g/mol. The molecule has 0 saturated heterocycles. The number of ether oxygens (including phenoxy) is 3. The highest BCUT2D eigenvalue weighted by Gasteiger charge is 2.17. The summed E-state index contributed by atoms with van der Waals surface area (Å²) in [6.07, 6.45) is 0. The SMILES string of the molecule is COc1ccc([C@@H](NCc2ccc3c(c2)OCO3)C(C)C)cc1. The molecule has 1 aliphatic heterocycles. The Kier molecular flexibility index (Phi) is 4.72. The molecule has 0 unspecified atom stereocenters. The van der Waals surface area contributed by atoms with Gasteiger partial charge in [0.15, 0.2) is 11.5 Å². The Hall–Kier alpha value is -2.20. The molecule has 1 atom stereocenters. The molecule has 0 saturated carbocycles. The quantitative estimate of drug-likeness (QED) is 0.877. The number of rotatable bonds is 6. The molecule has 0 aromatic heterocycles. The van der Waals surface area contributed by atoms with Crippen LogP contribution in [0.3, 0.4) is 0 Å². The van der Waals surface area contributed by atoms with Crippen molar-refractivity contribution < 1.29 is 14.2 Å². The molecule has 0 aliphatic carbocycles. The van der Waals surface area contributed by atoms with E-state index >= 15 is 0 Å². The van der Waals surface area contributed by atoms with Crippen molar-refractivity contribution in [2.75, 3.05) is 13.9 Å². The molecule has 0 spiro atoms. The van der Waals surface area contributed by atoms with Crippen LogP contribution in [0.25, 0.3) is 0 Å². The molecule has 4 heteroatoms. The molecule has 1 N–H and O–H groups in total. The van der Waals surface area contributed by atoms with Crippen molar-refractivity contribution in [1.82, 2.24) is 5.32 Å². The summed E-state index contributed by atoms with van der Waals surface area (Å²) in [6, 6.07) is 14.6. The Morgan fingerprint density at radius 3 is 2.48 bits per heavy atom. The van der Waals surface area contributed by atoms with Gasteiger partial charge in [-0.1, -0.05) is 32.0 Å². The zero-order chi connectivity index (χ0) is 16.2. The standard InChI is InChI=1S/C19H23NO3/c1-13(2)19(15-5-7-16(21-3)8-6-15)20-11-14-4-9-17-18(10-14)23-12-22-17/h4-10,13,19-20H,11-12H2,1-3H3/t19-/m0/s1. The van der Waals surface area contributed by atoms with Crippen LogP contribution in [0.5, 0.6) is 17.2 Å². The minimum Gasteiger partial charge on any atom is -0.497 e. The minimum atomic E-state index is 0.284. The van der Waals surface area contributed by atoms with E-state index in [2.05, 4.69) is 37.4 Å². The van der Waals surface area contributed by atoms with Crippen LogP contribution in [0.15, 0.2) is 42.5 Å². The summed E-state index contributed by atoms with van der Waals surface area (Å²) < 4.78 is 16.0. The molecule has 2 aromatic rings. The van der Waals surface area contributed by atoms with E-state index in [4.69, 9.17) is 14.2 Å². The summed E-state index contributed by atoms with van der Waals surface area (Å²) >= 11 is 0. The van der Waals surface area contributed by atoms with Gasteiger partial charge < -0.3 is 19.5 Å². The summed E-state index contributed by atoms with van der Waals surface area (Å²) in [5.74, 6) is 3.02. The van der Waals surface area contributed by atoms with E-state index in [0.29, 0.717) is 12.7 Å². The predicted octanol–water partition coefficient (Wildman–Crippen LogP) is 3.91. The highest BCUT2D eigenvalue weighted by molar-refractivity contribution is 5.44. The Labute approximate surface area is 137 Å². The number of methoxy groups -OCH3 is 1. The van der Waals surface area contributed by atoms with E-state index in [1.807, 2.05) is 24.3 Å². The second-order valence-corrected chi connectivity index (χ2v) is 6.06. The second-order valence-electron chi connectivity index (χ2n) is 6.06. The van der Waals surface area contributed by atoms with E-state index in [9.17, 15) is 0 Å². The lowest BCUT2D eigenvalue weighted by Crippen LogP contribution is -2.25. The maximum absolute atomic E-state index is 5.44. The van der Waals surface area contributed by atoms with Crippen molar-refractivity contribution in [3.8, 4) is 17.2 Å². The van der Waals surface area contributed by atoms with Gasteiger partial charge >= 0.3 is 0 Å². The number of benzene rings is 2. The van der Waals surface area contributed by atoms with Crippen LogP contribution in [0, 0.1) is 5.92 Å². The lowest BCUT2D eigenvalue weighted by Gasteiger charge is -2.23. The third-order valence-corrected chi connectivity index (χ3v) is 4.10. The van der Waals surface area contributed by atoms with Crippen LogP contribution in [0.2, 0.25) is 0 Å². The van der Waals surface area contributed by atoms with Gasteiger partial charge in [0.1, 0.15) is 5.75 Å². The number of fused-ring (bicyclic) bond motifs is 1. The van der Waals surface area contributed by atoms with E-state index in [1.165, 1.54) is 11.1 Å². The van der Waals surface area contributed by atoms with Crippen LogP contribution in [-0.2, 0) is 6.54 Å². The maximum Gasteiger partial charge on any atom is 0.231 e. The minimum absolute atomic E-state index is 0.284. The summed E-state index contributed by atoms with van der Waals surface area (Å²) in [5.41, 5.74) is 2.45. The largest absolute Gasteiger partial charge is 0.497 e. The van der Waals surface area contributed by atoms with E-state index in [0.717, 1.165) is 23.8 Å². The molecule has 0 fully saturated rings. The van der Waals surface area contributed by atoms with Gasteiger partial charge in [-0.25, -0.2) is 0 Å². The van der Waals surface area contributed by atoms with Gasteiger partial charge in [0.2, 0.25) is 6.79 Å². The monoisotopic (exact) mass is 313 g/mol. The van der Waals surface area contributed by atoms with Crippen molar-refractivity contribution in [3.63, 3.8) is 0 Å². The smallest absolute Gasteiger partial charge is 0.231 e. The van der Waals surface area contributed by atoms with Crippen molar-refractivity contribution in [1.29, 1.82) is 0 Å². The van der Waals surface area contributed by atoms with Crippen LogP contribution < -0.4 is 19.5 Å². The topological polar surface area (TPSA) is 39.7 Å². The van der Waals surface area contributed by atoms with E-state index < -0.39 is 0 Å². The average molecular weight is 313 g/mol. The van der Waals surface area contributed by atoms with Crippen molar-refractivity contribution in [3.05, 3.63) is 53.6 Å². The first kappa shape index (κ1) is 15.7. The van der Waals surface area contributed by atoms with Gasteiger partial charge in [0, 0.05) is 12.6 Å². The molecule has 0 radical (unpaired) electrons. The summed E-state index contributed by atoms with van der Waals surface area (Å²) in [6.45, 7) is 5.54. The fraction of sp³-hybridized carbons (Fsp3) is 0.368. The highest BCUT2D eigenvalue weighted by Crippen LogP contribution is 2.33. The van der Waals surface area contributed by atoms with Gasteiger partial charge in [0.25, 0.3) is 0 Å². The lowest BCUT2D eigenvalue weighted by atomic mass is 9.95. The lowest BCUT2D eigenvalue weighted by molar-refractivity contribution is 0.174. The maximum atomic E-state index is 5.44. The fourth-order valence-corrected chi connectivity index (χ4v) is 2.83. The molecule has 0 amide bonds. The third kappa shape index (κ3) is 3.59. The molecule has 1 aliphatic rings. The van der Waals surface area contributed by atoms with E-state index in [-0.39, 0.29) is 6.04 Å². The van der Waals surface area contributed by atoms with Gasteiger partial charge in [-0.15, -0.1) is 0 Å². The van der Waals surface area contributed by atoms with Crippen LogP contribution >= 0.6 is 0 Å². The Balaban J connectivity index is 1.69. The average Bonchev–Trinajstić information content (AvgIpc) is 3.03. The Bertz CT molecular complexity index is 652. The first-order valence-corrected chi connectivity index (χ1v) is 7.93. The van der Waals surface area contributed by atoms with E-state index in [1.54, 1.807) is 7.11 Å². The van der Waals surface area contributed by atoms with Crippen molar-refractivity contribution in [2.24, 2.45) is 5.92 Å². The molecule has 4 nitrogen and oxygen atoms in total. The van der Waals surface area contributed by atoms with Gasteiger partial charge in [-0.3, -0.25) is 0 Å². The number of nitrogens with one attached hydrogen (secondary N) is 1. The zero-order valence-corrected chi connectivity index (χ0v) is 13.8. The molecule has 23 heavy (non-hydrogen) atoms. The Morgan fingerprint density at radius 2 is 1.78 bits per heavy atom. The van der Waals surface area contributed by atoms with Gasteiger partial charge in [-0.2, -0.15) is 0 Å². The molecular formula is C19H23NO3. The summed E-state index contributed by atoms with van der Waals surface area (Å²) in [5, 5.41) is 3.64. The van der Waals surface area contributed by atoms with Crippen molar-refractivity contribution >= 4 is 0 Å². The highest BCUT2D eigenvalue weighted by atomic mass is 16.7. The van der Waals surface area contributed by atoms with Crippen LogP contribution in [-0.4, -0.2) is 13.9 Å². The van der Waals surface area contributed by atoms with Gasteiger partial charge in [-0.05, 0) is 41.3 Å². The third-order valence-electron chi connectivity index (χ3n) is 4.10. The number of hydrogen-bond donors (Lipinski definition) is 1. The summed E-state index contributed by atoms with van der Waals surface area (Å²) in [7, 11) is 1.69. The predicted molar refractivity (Wildman–Crippen MR) is 90.0 cm³/mol. The normalized spacial score (nSPS) is 14.1. The molecule has 3 rings (SSSR count). The molecule has 122 valence electrons. The first-order valence-electron chi connectivity index (χ1n) is 7.93. The van der Waals surface area contributed by atoms with Crippen LogP contribution in [0.4, 0.5) is 0 Å².